The molecule has 0 aliphatic carbocycles. The van der Waals surface area contributed by atoms with E-state index in [0.717, 1.165) is 52.8 Å². The Bertz CT molecular complexity index is 3080. The maximum atomic E-state index is 13.1. The molecule has 1 unspecified atom stereocenters. The first-order valence-corrected chi connectivity index (χ1v) is 28.2. The summed E-state index contributed by atoms with van der Waals surface area (Å²) in [5.74, 6) is -1.84. The normalized spacial score (nSPS) is 18.7. The van der Waals surface area contributed by atoms with Gasteiger partial charge in [-0.15, -0.1) is 11.8 Å². The van der Waals surface area contributed by atoms with E-state index in [9.17, 15) is 36.9 Å². The fraction of sp³-hybridized carbons (Fsp3) is 0.414. The number of benzene rings is 4. The number of allylic oxidation sites excluding steroid dienone is 8. The van der Waals surface area contributed by atoms with Gasteiger partial charge in [0.05, 0.1) is 32.9 Å². The van der Waals surface area contributed by atoms with Gasteiger partial charge in [0.2, 0.25) is 29.3 Å². The Morgan fingerprint density at radius 3 is 2.18 bits per heavy atom. The molecule has 1 fully saturated rings. The van der Waals surface area contributed by atoms with E-state index < -0.39 is 33.4 Å². The summed E-state index contributed by atoms with van der Waals surface area (Å²) < 4.78 is 36.5. The number of nitrogens with two attached hydrogens (primary N) is 1. The Labute approximate surface area is 440 Å². The van der Waals surface area contributed by atoms with E-state index in [1.54, 1.807) is 0 Å². The quantitative estimate of drug-likeness (QED) is 0.0202. The van der Waals surface area contributed by atoms with Crippen LogP contribution in [0.3, 0.4) is 0 Å². The second-order valence-corrected chi connectivity index (χ2v) is 23.2. The third kappa shape index (κ3) is 12.8. The molecule has 3 aliphatic heterocycles. The number of amides is 4. The number of imide groups is 1. The molecular formula is C58H70N6O8S2. The monoisotopic (exact) mass is 1040 g/mol. The van der Waals surface area contributed by atoms with Crippen molar-refractivity contribution in [2.75, 3.05) is 42.6 Å². The zero-order valence-electron chi connectivity index (χ0n) is 43.4. The van der Waals surface area contributed by atoms with Crippen LogP contribution in [0.5, 0.6) is 0 Å². The van der Waals surface area contributed by atoms with Crippen LogP contribution in [0.1, 0.15) is 97.6 Å². The highest BCUT2D eigenvalue weighted by Crippen LogP contribution is 2.51. The molecule has 4 N–H and O–H groups in total. The fourth-order valence-electron chi connectivity index (χ4n) is 10.5. The number of likely N-dealkylation sites (tertiary alicyclic amines) is 1. The second-order valence-electron chi connectivity index (χ2n) is 20.5. The van der Waals surface area contributed by atoms with Gasteiger partial charge in [0.1, 0.15) is 6.54 Å². The summed E-state index contributed by atoms with van der Waals surface area (Å²) >= 11 is 1.15. The third-order valence-electron chi connectivity index (χ3n) is 14.3. The van der Waals surface area contributed by atoms with Crippen LogP contribution in [-0.2, 0) is 44.9 Å². The lowest BCUT2D eigenvalue weighted by atomic mass is 9.79. The first kappa shape index (κ1) is 55.5. The summed E-state index contributed by atoms with van der Waals surface area (Å²) in [4.78, 5) is 66.3. The predicted molar refractivity (Wildman–Crippen MR) is 296 cm³/mol. The molecule has 3 aliphatic rings. The van der Waals surface area contributed by atoms with Gasteiger partial charge in [-0.25, -0.2) is 8.42 Å². The minimum Gasteiger partial charge on any atom is -0.748 e. The smallest absolute Gasteiger partial charge is 0.242 e. The number of fused-ring (bicyclic) bond motifs is 6. The van der Waals surface area contributed by atoms with Gasteiger partial charge in [-0.05, 0) is 98.7 Å². The lowest BCUT2D eigenvalue weighted by Gasteiger charge is -2.27. The number of hydrogen-bond donors (Lipinski definition) is 3. The number of nitrogens with one attached hydrogen (secondary N) is 2. The maximum absolute atomic E-state index is 13.1. The predicted octanol–water partition coefficient (Wildman–Crippen LogP) is 8.00. The van der Waals surface area contributed by atoms with Gasteiger partial charge in [0.15, 0.2) is 11.5 Å². The van der Waals surface area contributed by atoms with Crippen molar-refractivity contribution in [1.82, 2.24) is 15.5 Å². The fourth-order valence-corrected chi connectivity index (χ4v) is 12.3. The summed E-state index contributed by atoms with van der Waals surface area (Å²) in [6.45, 7) is 13.4. The summed E-state index contributed by atoms with van der Waals surface area (Å²) in [6.07, 6.45) is 18.0. The van der Waals surface area contributed by atoms with Crippen molar-refractivity contribution in [3.05, 3.63) is 132 Å². The van der Waals surface area contributed by atoms with Gasteiger partial charge in [0.25, 0.3) is 0 Å². The summed E-state index contributed by atoms with van der Waals surface area (Å²) in [6, 6.07) is 23.9. The number of hydrogen-bond acceptors (Lipinski definition) is 11. The minimum absolute atomic E-state index is 0.0129. The Morgan fingerprint density at radius 1 is 0.824 bits per heavy atom. The largest absolute Gasteiger partial charge is 0.748 e. The average Bonchev–Trinajstić information content (AvgIpc) is 3.85. The van der Waals surface area contributed by atoms with Crippen LogP contribution >= 0.6 is 11.8 Å². The van der Waals surface area contributed by atoms with Crippen molar-refractivity contribution in [2.24, 2.45) is 5.73 Å². The third-order valence-corrected chi connectivity index (χ3v) is 16.4. The van der Waals surface area contributed by atoms with Crippen molar-refractivity contribution >= 4 is 89.9 Å². The molecule has 4 amide bonds. The zero-order chi connectivity index (χ0) is 53.4. The minimum atomic E-state index is -4.28. The Kier molecular flexibility index (Phi) is 18.0. The van der Waals surface area contributed by atoms with E-state index in [1.807, 2.05) is 30.4 Å². The molecule has 4 aromatic carbocycles. The van der Waals surface area contributed by atoms with E-state index in [0.29, 0.717) is 32.2 Å². The molecule has 1 saturated heterocycles. The standard InChI is InChI=1S/C58H70N6O8S2/c1-39(59)55(68)61-45(40(2)65)38-73-48-37-52(67)64(56(48)69)35-32-60-51(66)27-13-10-18-33-62-46-30-28-41-21-14-16-23-43(41)53(46)57(3,4)49(62)25-11-8-7-9-12-26-50-58(5,6)54-44-24-17-15-22-42(44)29-31-47(54)63(50)34-19-20-36-74(70,71)72/h7-9,11-12,14-17,21-26,28-31,39,45,48H,10,13,18-20,27,32-38,59H2,1-6H3,(H2-,60,61,66,68,70,71,72)/t39-,45-,48?/m0/s1. The maximum Gasteiger partial charge on any atom is 0.242 e. The van der Waals surface area contributed by atoms with E-state index in [4.69, 9.17) is 5.73 Å². The van der Waals surface area contributed by atoms with Crippen LogP contribution < -0.4 is 21.3 Å². The number of unbranched alkanes of at least 4 members (excludes halogenated alkanes) is 3. The second kappa shape index (κ2) is 24.0. The van der Waals surface area contributed by atoms with E-state index in [-0.39, 0.29) is 65.4 Å². The van der Waals surface area contributed by atoms with E-state index >= 15 is 0 Å². The summed E-state index contributed by atoms with van der Waals surface area (Å²) in [5, 5.41) is 9.53. The highest BCUT2D eigenvalue weighted by atomic mass is 32.2. The Morgan fingerprint density at radius 2 is 1.49 bits per heavy atom. The number of carbonyl (C=O) groups is 5. The van der Waals surface area contributed by atoms with Crippen molar-refractivity contribution < 1.29 is 41.5 Å². The van der Waals surface area contributed by atoms with E-state index in [2.05, 4.69) is 133 Å². The average molecular weight is 1040 g/mol. The highest BCUT2D eigenvalue weighted by Gasteiger charge is 2.46. The lowest BCUT2D eigenvalue weighted by Crippen LogP contribution is -2.48. The molecule has 392 valence electrons. The van der Waals surface area contributed by atoms with Gasteiger partial charge in [-0.1, -0.05) is 98.8 Å². The van der Waals surface area contributed by atoms with Crippen LogP contribution in [0.25, 0.3) is 21.5 Å². The van der Waals surface area contributed by atoms with Crippen LogP contribution in [0.15, 0.2) is 121 Å². The molecule has 0 saturated carbocycles. The SMILES string of the molecule is CC(=O)[C@H](CSC1CC(=O)N(CCNC(=O)CCCCC[N+]2=C(/C=C/C=C/C=C/C=C3/N(CCCCS(=O)(=O)[O-])c4ccc5ccccc5c4C3(C)C)C(C)(C)c3c2ccc2ccccc32)C1=O)NC(=O)[C@H](C)N. The lowest BCUT2D eigenvalue weighted by molar-refractivity contribution is -0.438. The van der Waals surface area contributed by atoms with Crippen molar-refractivity contribution in [2.45, 2.75) is 115 Å². The van der Waals surface area contributed by atoms with Gasteiger partial charge in [-0.2, -0.15) is 4.58 Å². The molecule has 0 spiro atoms. The number of rotatable bonds is 24. The van der Waals surface area contributed by atoms with Crippen molar-refractivity contribution in [3.63, 3.8) is 0 Å². The molecular weight excluding hydrogens is 973 g/mol. The molecule has 14 nitrogen and oxygen atoms in total. The number of Topliss-reactive ketones (excluding diaryl/α,β-unsaturated/α-hetero) is 1. The molecule has 4 aromatic rings. The summed E-state index contributed by atoms with van der Waals surface area (Å²) in [7, 11) is -4.28. The molecule has 3 heterocycles. The number of anilines is 1. The molecule has 0 aromatic heterocycles. The molecule has 7 rings (SSSR count). The molecule has 0 bridgehead atoms. The van der Waals surface area contributed by atoms with Gasteiger partial charge >= 0.3 is 0 Å². The molecule has 74 heavy (non-hydrogen) atoms. The molecule has 3 atom stereocenters. The van der Waals surface area contributed by atoms with Gasteiger partial charge < -0.3 is 25.8 Å². The van der Waals surface area contributed by atoms with E-state index in [1.165, 1.54) is 52.5 Å². The number of ketones is 1. The van der Waals surface area contributed by atoms with Crippen molar-refractivity contribution in [3.8, 4) is 0 Å². The van der Waals surface area contributed by atoms with Gasteiger partial charge in [0, 0.05) is 84.9 Å². The first-order chi connectivity index (χ1) is 35.2. The van der Waals surface area contributed by atoms with Gasteiger partial charge in [-0.3, -0.25) is 28.9 Å². The topological polar surface area (TPSA) is 202 Å². The van der Waals surface area contributed by atoms with Crippen LogP contribution in [0, 0.1) is 0 Å². The molecule has 0 radical (unpaired) electrons. The summed E-state index contributed by atoms with van der Waals surface area (Å²) in [5.41, 5.74) is 12.0. The van der Waals surface area contributed by atoms with Crippen LogP contribution in [-0.4, -0.2) is 113 Å². The number of nitrogens with zero attached hydrogens (tertiary/aromatic N) is 3. The highest BCUT2D eigenvalue weighted by molar-refractivity contribution is 8.00. The molecule has 16 heteroatoms. The Hall–Kier alpha value is -6.20. The first-order valence-electron chi connectivity index (χ1n) is 25.6. The Balaban J connectivity index is 0.961. The zero-order valence-corrected chi connectivity index (χ0v) is 45.0. The van der Waals surface area contributed by atoms with Crippen LogP contribution in [0.4, 0.5) is 11.4 Å². The number of carbonyl (C=O) groups excluding carboxylic acids is 5. The number of thioether (sulfide) groups is 1. The van der Waals surface area contributed by atoms with Crippen molar-refractivity contribution in [1.29, 1.82) is 0 Å². The van der Waals surface area contributed by atoms with Crippen LogP contribution in [0.2, 0.25) is 0 Å².